The van der Waals surface area contributed by atoms with Crippen molar-refractivity contribution in [3.8, 4) is 0 Å². The molecule has 2 unspecified atom stereocenters. The van der Waals surface area contributed by atoms with Crippen molar-refractivity contribution in [2.45, 2.75) is 53.4 Å². The fourth-order valence-corrected chi connectivity index (χ4v) is 2.59. The summed E-state index contributed by atoms with van der Waals surface area (Å²) < 4.78 is 0. The van der Waals surface area contributed by atoms with E-state index in [9.17, 15) is 14.4 Å². The third-order valence-electron chi connectivity index (χ3n) is 3.95. The van der Waals surface area contributed by atoms with Gasteiger partial charge in [0.15, 0.2) is 0 Å². The lowest BCUT2D eigenvalue weighted by atomic mass is 9.95. The predicted molar refractivity (Wildman–Crippen MR) is 82.5 cm³/mol. The summed E-state index contributed by atoms with van der Waals surface area (Å²) in [6, 6.07) is 0. The van der Waals surface area contributed by atoms with Crippen LogP contribution in [0.25, 0.3) is 0 Å². The highest BCUT2D eigenvalue weighted by Gasteiger charge is 2.31. The minimum absolute atomic E-state index is 0.0899. The number of rotatable bonds is 9. The van der Waals surface area contributed by atoms with Gasteiger partial charge in [-0.15, -0.1) is 0 Å². The number of hydrogen-bond acceptors (Lipinski definition) is 3. The molecule has 2 atom stereocenters. The maximum atomic E-state index is 12.2. The molecule has 21 heavy (non-hydrogen) atoms. The zero-order valence-electron chi connectivity index (χ0n) is 13.6. The second-order valence-electron chi connectivity index (χ2n) is 6.51. The number of aldehydes is 1. The maximum absolute atomic E-state index is 12.2. The molecule has 4 heteroatoms. The molecule has 1 heterocycles. The molecule has 0 bridgehead atoms. The van der Waals surface area contributed by atoms with E-state index in [4.69, 9.17) is 0 Å². The molecule has 1 aliphatic heterocycles. The Morgan fingerprint density at radius 2 is 1.86 bits per heavy atom. The molecule has 4 nitrogen and oxygen atoms in total. The summed E-state index contributed by atoms with van der Waals surface area (Å²) in [5.74, 6) is 0.349. The number of carbonyl (C=O) groups is 3. The molecular weight excluding hydrogens is 266 g/mol. The predicted octanol–water partition coefficient (Wildman–Crippen LogP) is 2.97. The smallest absolute Gasteiger partial charge is 0.256 e. The van der Waals surface area contributed by atoms with Crippen molar-refractivity contribution in [3.63, 3.8) is 0 Å². The Morgan fingerprint density at radius 1 is 1.19 bits per heavy atom. The Hall–Kier alpha value is -1.45. The SMILES string of the molecule is CCC(C=O)CCC(C)CN1C(=O)C=C(CC(C)C)C1=O. The van der Waals surface area contributed by atoms with Gasteiger partial charge in [0.1, 0.15) is 6.29 Å². The highest BCUT2D eigenvalue weighted by Crippen LogP contribution is 2.22. The van der Waals surface area contributed by atoms with Crippen LogP contribution in [0.2, 0.25) is 0 Å². The number of imide groups is 1. The molecule has 0 aromatic carbocycles. The Bertz CT molecular complexity index is 426. The Kier molecular flexibility index (Phi) is 6.79. The monoisotopic (exact) mass is 293 g/mol. The summed E-state index contributed by atoms with van der Waals surface area (Å²) in [5.41, 5.74) is 0.626. The molecule has 1 aliphatic rings. The average molecular weight is 293 g/mol. The zero-order valence-corrected chi connectivity index (χ0v) is 13.6. The van der Waals surface area contributed by atoms with Gasteiger partial charge in [0.25, 0.3) is 11.8 Å². The van der Waals surface area contributed by atoms with Crippen molar-refractivity contribution in [2.24, 2.45) is 17.8 Å². The Morgan fingerprint density at radius 3 is 2.38 bits per heavy atom. The van der Waals surface area contributed by atoms with E-state index in [1.807, 2.05) is 27.7 Å². The number of carbonyl (C=O) groups excluding carboxylic acids is 3. The van der Waals surface area contributed by atoms with Gasteiger partial charge >= 0.3 is 0 Å². The molecule has 0 saturated heterocycles. The van der Waals surface area contributed by atoms with E-state index in [1.165, 1.54) is 11.0 Å². The molecule has 0 aromatic heterocycles. The zero-order chi connectivity index (χ0) is 16.0. The van der Waals surface area contributed by atoms with E-state index in [2.05, 4.69) is 0 Å². The van der Waals surface area contributed by atoms with E-state index < -0.39 is 0 Å². The van der Waals surface area contributed by atoms with Crippen molar-refractivity contribution in [1.82, 2.24) is 4.90 Å². The summed E-state index contributed by atoms with van der Waals surface area (Å²) in [4.78, 5) is 36.3. The Balaban J connectivity index is 2.50. The average Bonchev–Trinajstić information content (AvgIpc) is 2.67. The van der Waals surface area contributed by atoms with Gasteiger partial charge in [-0.1, -0.05) is 27.7 Å². The van der Waals surface area contributed by atoms with Crippen molar-refractivity contribution < 1.29 is 14.4 Å². The minimum atomic E-state index is -0.190. The first-order valence-corrected chi connectivity index (χ1v) is 7.90. The molecule has 0 spiro atoms. The summed E-state index contributed by atoms with van der Waals surface area (Å²) in [7, 11) is 0. The van der Waals surface area contributed by atoms with Gasteiger partial charge in [0.2, 0.25) is 0 Å². The highest BCUT2D eigenvalue weighted by atomic mass is 16.2. The lowest BCUT2D eigenvalue weighted by Gasteiger charge is -2.21. The standard InChI is InChI=1S/C17H27NO3/c1-5-14(11-19)7-6-13(4)10-18-16(20)9-15(17(18)21)8-12(2)3/h9,11-14H,5-8,10H2,1-4H3. The van der Waals surface area contributed by atoms with Crippen LogP contribution in [0, 0.1) is 17.8 Å². The van der Waals surface area contributed by atoms with Crippen LogP contribution in [0.5, 0.6) is 0 Å². The summed E-state index contributed by atoms with van der Waals surface area (Å²) >= 11 is 0. The van der Waals surface area contributed by atoms with E-state index in [0.717, 1.165) is 25.5 Å². The third-order valence-corrected chi connectivity index (χ3v) is 3.95. The third kappa shape index (κ3) is 5.10. The van der Waals surface area contributed by atoms with Crippen LogP contribution >= 0.6 is 0 Å². The van der Waals surface area contributed by atoms with Crippen molar-refractivity contribution in [1.29, 1.82) is 0 Å². The quantitative estimate of drug-likeness (QED) is 0.485. The number of amides is 2. The van der Waals surface area contributed by atoms with Crippen LogP contribution < -0.4 is 0 Å². The van der Waals surface area contributed by atoms with Crippen LogP contribution in [0.4, 0.5) is 0 Å². The fraction of sp³-hybridized carbons (Fsp3) is 0.706. The fourth-order valence-electron chi connectivity index (χ4n) is 2.59. The molecule has 0 radical (unpaired) electrons. The second kappa shape index (κ2) is 8.11. The second-order valence-corrected chi connectivity index (χ2v) is 6.51. The lowest BCUT2D eigenvalue weighted by molar-refractivity contribution is -0.138. The summed E-state index contributed by atoms with van der Waals surface area (Å²) in [6.07, 6.45) is 5.66. The highest BCUT2D eigenvalue weighted by molar-refractivity contribution is 6.16. The molecule has 0 N–H and O–H groups in total. The molecule has 0 fully saturated rings. The molecule has 0 aliphatic carbocycles. The molecule has 0 aromatic rings. The van der Waals surface area contributed by atoms with Gasteiger partial charge < -0.3 is 4.79 Å². The summed E-state index contributed by atoms with van der Waals surface area (Å²) in [6.45, 7) is 8.55. The van der Waals surface area contributed by atoms with Gasteiger partial charge in [0.05, 0.1) is 0 Å². The summed E-state index contributed by atoms with van der Waals surface area (Å²) in [5, 5.41) is 0. The van der Waals surface area contributed by atoms with E-state index >= 15 is 0 Å². The normalized spacial score (nSPS) is 18.1. The lowest BCUT2D eigenvalue weighted by Crippen LogP contribution is -2.35. The van der Waals surface area contributed by atoms with Gasteiger partial charge in [-0.25, -0.2) is 0 Å². The van der Waals surface area contributed by atoms with Gasteiger partial charge in [-0.05, 0) is 37.5 Å². The van der Waals surface area contributed by atoms with E-state index in [-0.39, 0.29) is 23.7 Å². The Labute approximate surface area is 127 Å². The maximum Gasteiger partial charge on any atom is 0.256 e. The largest absolute Gasteiger partial charge is 0.303 e. The van der Waals surface area contributed by atoms with Crippen molar-refractivity contribution in [3.05, 3.63) is 11.6 Å². The van der Waals surface area contributed by atoms with Crippen molar-refractivity contribution in [2.75, 3.05) is 6.54 Å². The van der Waals surface area contributed by atoms with Crippen LogP contribution in [-0.2, 0) is 14.4 Å². The van der Waals surface area contributed by atoms with Gasteiger partial charge in [-0.3, -0.25) is 14.5 Å². The first-order chi connectivity index (χ1) is 9.88. The van der Waals surface area contributed by atoms with E-state index in [0.29, 0.717) is 24.5 Å². The minimum Gasteiger partial charge on any atom is -0.303 e. The van der Waals surface area contributed by atoms with Gasteiger partial charge in [0, 0.05) is 24.1 Å². The van der Waals surface area contributed by atoms with Crippen LogP contribution in [-0.4, -0.2) is 29.5 Å². The molecule has 0 saturated carbocycles. The van der Waals surface area contributed by atoms with Crippen LogP contribution in [0.1, 0.15) is 53.4 Å². The molecule has 1 rings (SSSR count). The number of nitrogens with zero attached hydrogens (tertiary/aromatic N) is 1. The topological polar surface area (TPSA) is 54.5 Å². The van der Waals surface area contributed by atoms with Crippen LogP contribution in [0.3, 0.4) is 0 Å². The first kappa shape index (κ1) is 17.6. The molecule has 2 amide bonds. The number of hydrogen-bond donors (Lipinski definition) is 0. The molecular formula is C17H27NO3. The van der Waals surface area contributed by atoms with E-state index in [1.54, 1.807) is 0 Å². The molecule has 118 valence electrons. The van der Waals surface area contributed by atoms with Gasteiger partial charge in [-0.2, -0.15) is 0 Å². The van der Waals surface area contributed by atoms with Crippen LogP contribution in [0.15, 0.2) is 11.6 Å². The first-order valence-electron chi connectivity index (χ1n) is 7.90. The van der Waals surface area contributed by atoms with Crippen molar-refractivity contribution >= 4 is 18.1 Å².